The molecule has 3 aliphatic heterocycles. The Morgan fingerprint density at radius 2 is 1.42 bits per heavy atom. The SMILES string of the molecule is C=C[Si]1(CCB2C3CCCC2CCC3)C(CCCC)=C(CC)C(B(CC)CC)=C1CCCC. The van der Waals surface area contributed by atoms with E-state index < -0.39 is 8.07 Å². The number of hydrogen-bond acceptors (Lipinski definition) is 0. The fourth-order valence-electron chi connectivity index (χ4n) is 8.40. The van der Waals surface area contributed by atoms with Gasteiger partial charge < -0.3 is 0 Å². The fourth-order valence-corrected chi connectivity index (χ4v) is 13.8. The second-order valence-corrected chi connectivity index (χ2v) is 15.7. The van der Waals surface area contributed by atoms with Gasteiger partial charge in [0, 0.05) is 0 Å². The van der Waals surface area contributed by atoms with Gasteiger partial charge in [0.25, 0.3) is 0 Å². The molecule has 3 aliphatic rings. The van der Waals surface area contributed by atoms with Crippen LogP contribution in [0.3, 0.4) is 0 Å². The van der Waals surface area contributed by atoms with Crippen molar-refractivity contribution in [1.82, 2.24) is 0 Å². The van der Waals surface area contributed by atoms with Crippen molar-refractivity contribution < 1.29 is 0 Å². The van der Waals surface area contributed by atoms with E-state index in [1.807, 2.05) is 21.4 Å². The van der Waals surface area contributed by atoms with Crippen LogP contribution in [0.5, 0.6) is 0 Å². The molecule has 2 bridgehead atoms. The van der Waals surface area contributed by atoms with Crippen LogP contribution >= 0.6 is 0 Å². The fraction of sp³-hybridized carbons (Fsp3) is 0.800. The number of hydrogen-bond donors (Lipinski definition) is 0. The minimum Gasteiger partial charge on any atom is -0.106 e. The molecule has 0 amide bonds. The molecule has 0 nitrogen and oxygen atoms in total. The molecule has 0 N–H and O–H groups in total. The molecule has 1 atom stereocenters. The molecule has 0 aromatic carbocycles. The molecule has 0 saturated carbocycles. The van der Waals surface area contributed by atoms with Crippen molar-refractivity contribution in [2.45, 2.75) is 155 Å². The zero-order valence-corrected chi connectivity index (χ0v) is 24.1. The van der Waals surface area contributed by atoms with Crippen molar-refractivity contribution in [2.75, 3.05) is 0 Å². The molecular weight excluding hydrogens is 410 g/mol. The van der Waals surface area contributed by atoms with Gasteiger partial charge in [0.2, 0.25) is 0 Å². The Morgan fingerprint density at radius 3 is 1.88 bits per heavy atom. The molecule has 0 radical (unpaired) electrons. The molecule has 184 valence electrons. The highest BCUT2D eigenvalue weighted by Gasteiger charge is 2.48. The minimum atomic E-state index is -1.79. The van der Waals surface area contributed by atoms with Crippen molar-refractivity contribution in [2.24, 2.45) is 0 Å². The lowest BCUT2D eigenvalue weighted by molar-refractivity contribution is 0.442. The third-order valence-corrected chi connectivity index (χ3v) is 15.1. The van der Waals surface area contributed by atoms with Gasteiger partial charge in [-0.2, -0.15) is 0 Å². The van der Waals surface area contributed by atoms with Gasteiger partial charge in [-0.3, -0.25) is 0 Å². The average Bonchev–Trinajstić information content (AvgIpc) is 3.09. The second kappa shape index (κ2) is 13.0. The average molecular weight is 464 g/mol. The highest BCUT2D eigenvalue weighted by molar-refractivity contribution is 7.00. The molecule has 3 heteroatoms. The first-order chi connectivity index (χ1) is 16.1. The van der Waals surface area contributed by atoms with E-state index in [2.05, 4.69) is 46.9 Å². The van der Waals surface area contributed by atoms with E-state index >= 15 is 0 Å². The molecule has 1 unspecified atom stereocenters. The first kappa shape index (κ1) is 27.2. The summed E-state index contributed by atoms with van der Waals surface area (Å²) < 4.78 is 0. The van der Waals surface area contributed by atoms with E-state index in [1.165, 1.54) is 108 Å². The third kappa shape index (κ3) is 5.54. The standard InChI is InChI=1S/C30H54B2Si/c1-7-13-21-28-27(9-3)30(31(10-4)11-5)29(22-14-8-2)33(28,12-6)24-23-32-25-17-15-18-26(32)20-16-19-25/h12,25-26H,6-11,13-24H2,1-5H3. The Bertz CT molecular complexity index is 682. The number of unbranched alkanes of at least 4 members (excludes halogenated alkanes) is 2. The number of rotatable bonds is 14. The zero-order chi connectivity index (χ0) is 23.8. The van der Waals surface area contributed by atoms with Crippen molar-refractivity contribution in [3.05, 3.63) is 33.7 Å². The number of allylic oxidation sites excluding steroid dienone is 4. The predicted octanol–water partition coefficient (Wildman–Crippen LogP) is 10.3. The topological polar surface area (TPSA) is 0 Å². The van der Waals surface area contributed by atoms with Crippen LogP contribution in [-0.2, 0) is 0 Å². The predicted molar refractivity (Wildman–Crippen MR) is 157 cm³/mol. The lowest BCUT2D eigenvalue weighted by Crippen LogP contribution is -2.41. The molecule has 3 rings (SSSR count). The third-order valence-electron chi connectivity index (χ3n) is 10.1. The van der Waals surface area contributed by atoms with Gasteiger partial charge in [0.1, 0.15) is 14.8 Å². The van der Waals surface area contributed by atoms with Crippen molar-refractivity contribution in [3.63, 3.8) is 0 Å². The summed E-state index contributed by atoms with van der Waals surface area (Å²) in [5.74, 6) is 2.09. The lowest BCUT2D eigenvalue weighted by atomic mass is 9.26. The summed E-state index contributed by atoms with van der Waals surface area (Å²) >= 11 is 0. The monoisotopic (exact) mass is 464 g/mol. The molecule has 3 heterocycles. The van der Waals surface area contributed by atoms with Gasteiger partial charge in [-0.15, -0.1) is 6.58 Å². The quantitative estimate of drug-likeness (QED) is 0.224. The highest BCUT2D eigenvalue weighted by Crippen LogP contribution is 2.53. The van der Waals surface area contributed by atoms with E-state index in [0.29, 0.717) is 0 Å². The summed E-state index contributed by atoms with van der Waals surface area (Å²) in [6.45, 7) is 18.6. The van der Waals surface area contributed by atoms with E-state index in [9.17, 15) is 0 Å². The summed E-state index contributed by atoms with van der Waals surface area (Å²) in [5, 5.41) is 3.92. The molecular formula is C30H54B2Si. The number of fused-ring (bicyclic) bond motifs is 2. The summed E-state index contributed by atoms with van der Waals surface area (Å²) in [4.78, 5) is 0. The summed E-state index contributed by atoms with van der Waals surface area (Å²) in [7, 11) is -1.79. The van der Waals surface area contributed by atoms with Crippen LogP contribution < -0.4 is 0 Å². The van der Waals surface area contributed by atoms with Crippen molar-refractivity contribution in [1.29, 1.82) is 0 Å². The van der Waals surface area contributed by atoms with Gasteiger partial charge in [0.15, 0.2) is 6.71 Å². The van der Waals surface area contributed by atoms with Crippen LogP contribution in [0.25, 0.3) is 0 Å². The van der Waals surface area contributed by atoms with Gasteiger partial charge in [0.05, 0.1) is 0 Å². The second-order valence-electron chi connectivity index (χ2n) is 11.7. The molecule has 2 fully saturated rings. The van der Waals surface area contributed by atoms with E-state index in [4.69, 9.17) is 0 Å². The maximum atomic E-state index is 4.68. The maximum absolute atomic E-state index is 4.68. The normalized spacial score (nSPS) is 27.5. The Balaban J connectivity index is 2.03. The van der Waals surface area contributed by atoms with Crippen LogP contribution in [0.15, 0.2) is 33.7 Å². The first-order valence-electron chi connectivity index (χ1n) is 15.2. The zero-order valence-electron chi connectivity index (χ0n) is 23.1. The van der Waals surface area contributed by atoms with Crippen molar-refractivity contribution >= 4 is 21.5 Å². The van der Waals surface area contributed by atoms with Gasteiger partial charge in [-0.1, -0.05) is 163 Å². The van der Waals surface area contributed by atoms with Gasteiger partial charge >= 0.3 is 0 Å². The Kier molecular flexibility index (Phi) is 10.7. The van der Waals surface area contributed by atoms with E-state index in [0.717, 1.165) is 25.1 Å². The Morgan fingerprint density at radius 1 is 0.879 bits per heavy atom. The molecule has 0 aromatic rings. The lowest BCUT2D eigenvalue weighted by Gasteiger charge is -2.42. The van der Waals surface area contributed by atoms with Crippen LogP contribution in [0.1, 0.15) is 118 Å². The van der Waals surface area contributed by atoms with Crippen LogP contribution in [0, 0.1) is 0 Å². The van der Waals surface area contributed by atoms with E-state index in [1.54, 1.807) is 0 Å². The van der Waals surface area contributed by atoms with E-state index in [-0.39, 0.29) is 0 Å². The summed E-state index contributed by atoms with van der Waals surface area (Å²) in [6.07, 6.45) is 22.6. The minimum absolute atomic E-state index is 0.770. The van der Waals surface area contributed by atoms with Gasteiger partial charge in [-0.05, 0) is 19.3 Å². The first-order valence-corrected chi connectivity index (χ1v) is 17.5. The smallest absolute Gasteiger partial charge is 0.106 e. The van der Waals surface area contributed by atoms with Crippen molar-refractivity contribution in [3.8, 4) is 0 Å². The molecule has 2 saturated heterocycles. The molecule has 0 aliphatic carbocycles. The molecule has 0 aromatic heterocycles. The van der Waals surface area contributed by atoms with Crippen LogP contribution in [0.2, 0.25) is 36.6 Å². The Labute approximate surface area is 209 Å². The maximum Gasteiger partial charge on any atom is 0.175 e. The molecule has 0 spiro atoms. The summed E-state index contributed by atoms with van der Waals surface area (Å²) in [6, 6.07) is 1.49. The van der Waals surface area contributed by atoms with Gasteiger partial charge in [-0.25, -0.2) is 0 Å². The van der Waals surface area contributed by atoms with Crippen LogP contribution in [0.4, 0.5) is 0 Å². The molecule has 33 heavy (non-hydrogen) atoms. The van der Waals surface area contributed by atoms with Crippen LogP contribution in [-0.4, -0.2) is 21.5 Å². The highest BCUT2D eigenvalue weighted by atomic mass is 28.3. The largest absolute Gasteiger partial charge is 0.175 e. The summed E-state index contributed by atoms with van der Waals surface area (Å²) in [5.41, 5.74) is 6.31. The Hall–Kier alpha value is -0.433.